The van der Waals surface area contributed by atoms with Crippen molar-refractivity contribution < 1.29 is 14.6 Å². The molecule has 4 heteroatoms. The van der Waals surface area contributed by atoms with E-state index in [0.717, 1.165) is 25.9 Å². The minimum Gasteiger partial charge on any atom is -0.389 e. The van der Waals surface area contributed by atoms with Crippen LogP contribution >= 0.6 is 0 Å². The number of nitrogens with one attached hydrogen (secondary N) is 1. The molecule has 1 saturated heterocycles. The molecule has 3 atom stereocenters. The van der Waals surface area contributed by atoms with Gasteiger partial charge in [0, 0.05) is 19.2 Å². The Morgan fingerprint density at radius 2 is 2.35 bits per heavy atom. The zero-order valence-electron chi connectivity index (χ0n) is 11.2. The standard InChI is InChI=1S/C13H27NO3/c1-3-5-11(2)14-8-12(15)9-16-10-13-6-4-7-17-13/h11-15H,3-10H2,1-2H3. The van der Waals surface area contributed by atoms with Crippen LogP contribution in [-0.2, 0) is 9.47 Å². The molecule has 0 bridgehead atoms. The quantitative estimate of drug-likeness (QED) is 0.643. The van der Waals surface area contributed by atoms with Crippen LogP contribution in [0.3, 0.4) is 0 Å². The summed E-state index contributed by atoms with van der Waals surface area (Å²) in [6.45, 7) is 6.77. The molecular weight excluding hydrogens is 218 g/mol. The molecule has 0 radical (unpaired) electrons. The van der Waals surface area contributed by atoms with Crippen molar-refractivity contribution in [1.29, 1.82) is 0 Å². The van der Waals surface area contributed by atoms with Gasteiger partial charge < -0.3 is 19.9 Å². The zero-order chi connectivity index (χ0) is 12.5. The Labute approximate surface area is 105 Å². The van der Waals surface area contributed by atoms with E-state index in [9.17, 15) is 5.11 Å². The maximum atomic E-state index is 9.71. The van der Waals surface area contributed by atoms with Gasteiger partial charge in [0.2, 0.25) is 0 Å². The number of aliphatic hydroxyl groups excluding tert-OH is 1. The minimum atomic E-state index is -0.421. The Morgan fingerprint density at radius 1 is 1.53 bits per heavy atom. The van der Waals surface area contributed by atoms with E-state index in [1.807, 2.05) is 0 Å². The molecule has 0 aliphatic carbocycles. The third kappa shape index (κ3) is 6.99. The molecule has 1 aliphatic heterocycles. The van der Waals surface area contributed by atoms with Crippen molar-refractivity contribution in [3.8, 4) is 0 Å². The fourth-order valence-electron chi connectivity index (χ4n) is 2.04. The molecule has 17 heavy (non-hydrogen) atoms. The van der Waals surface area contributed by atoms with E-state index in [1.54, 1.807) is 0 Å². The highest BCUT2D eigenvalue weighted by Crippen LogP contribution is 2.11. The second-order valence-electron chi connectivity index (χ2n) is 4.92. The normalized spacial score (nSPS) is 23.8. The summed E-state index contributed by atoms with van der Waals surface area (Å²) in [7, 11) is 0. The molecule has 0 aromatic heterocycles. The van der Waals surface area contributed by atoms with Crippen molar-refractivity contribution in [1.82, 2.24) is 5.32 Å². The summed E-state index contributed by atoms with van der Waals surface area (Å²) in [4.78, 5) is 0. The lowest BCUT2D eigenvalue weighted by molar-refractivity contribution is -0.0169. The van der Waals surface area contributed by atoms with E-state index >= 15 is 0 Å². The van der Waals surface area contributed by atoms with Crippen LogP contribution in [0.5, 0.6) is 0 Å². The van der Waals surface area contributed by atoms with Gasteiger partial charge in [0.25, 0.3) is 0 Å². The molecular formula is C13H27NO3. The molecule has 102 valence electrons. The predicted octanol–water partition coefficient (Wildman–Crippen LogP) is 1.32. The fourth-order valence-corrected chi connectivity index (χ4v) is 2.04. The van der Waals surface area contributed by atoms with Gasteiger partial charge in [0.1, 0.15) is 0 Å². The van der Waals surface area contributed by atoms with Crippen molar-refractivity contribution >= 4 is 0 Å². The van der Waals surface area contributed by atoms with E-state index < -0.39 is 6.10 Å². The average molecular weight is 245 g/mol. The summed E-state index contributed by atoms with van der Waals surface area (Å²) in [6, 6.07) is 0.466. The van der Waals surface area contributed by atoms with E-state index in [0.29, 0.717) is 25.8 Å². The monoisotopic (exact) mass is 245 g/mol. The number of aliphatic hydroxyl groups is 1. The SMILES string of the molecule is CCCC(C)NCC(O)COCC1CCCO1. The Bertz CT molecular complexity index is 184. The van der Waals surface area contributed by atoms with Gasteiger partial charge in [-0.2, -0.15) is 0 Å². The van der Waals surface area contributed by atoms with Crippen LogP contribution < -0.4 is 5.32 Å². The first-order valence-corrected chi connectivity index (χ1v) is 6.83. The van der Waals surface area contributed by atoms with Gasteiger partial charge in [-0.05, 0) is 26.2 Å². The first-order chi connectivity index (χ1) is 8.22. The summed E-state index contributed by atoms with van der Waals surface area (Å²) in [6.07, 6.45) is 4.35. The lowest BCUT2D eigenvalue weighted by Gasteiger charge is -2.17. The second-order valence-corrected chi connectivity index (χ2v) is 4.92. The number of rotatable bonds is 9. The third-order valence-corrected chi connectivity index (χ3v) is 3.06. The molecule has 1 heterocycles. The maximum Gasteiger partial charge on any atom is 0.0897 e. The molecule has 1 aliphatic rings. The lowest BCUT2D eigenvalue weighted by Crippen LogP contribution is -2.36. The summed E-state index contributed by atoms with van der Waals surface area (Å²) in [5, 5.41) is 13.0. The van der Waals surface area contributed by atoms with Crippen molar-refractivity contribution in [2.24, 2.45) is 0 Å². The molecule has 4 nitrogen and oxygen atoms in total. The summed E-state index contributed by atoms with van der Waals surface area (Å²) in [5.41, 5.74) is 0. The molecule has 1 fully saturated rings. The Hall–Kier alpha value is -0.160. The lowest BCUT2D eigenvalue weighted by atomic mass is 10.2. The van der Waals surface area contributed by atoms with Gasteiger partial charge in [0.05, 0.1) is 25.4 Å². The van der Waals surface area contributed by atoms with Gasteiger partial charge in [0.15, 0.2) is 0 Å². The number of ether oxygens (including phenoxy) is 2. The first-order valence-electron chi connectivity index (χ1n) is 6.83. The highest BCUT2D eigenvalue weighted by molar-refractivity contribution is 4.66. The van der Waals surface area contributed by atoms with Gasteiger partial charge in [-0.1, -0.05) is 13.3 Å². The fraction of sp³-hybridized carbons (Fsp3) is 1.00. The largest absolute Gasteiger partial charge is 0.389 e. The van der Waals surface area contributed by atoms with Gasteiger partial charge in [-0.25, -0.2) is 0 Å². The molecule has 0 amide bonds. The third-order valence-electron chi connectivity index (χ3n) is 3.06. The number of hydrogen-bond acceptors (Lipinski definition) is 4. The van der Waals surface area contributed by atoms with Crippen LogP contribution in [0.25, 0.3) is 0 Å². The summed E-state index contributed by atoms with van der Waals surface area (Å²) in [5.74, 6) is 0. The van der Waals surface area contributed by atoms with Crippen LogP contribution in [0.15, 0.2) is 0 Å². The highest BCUT2D eigenvalue weighted by atomic mass is 16.5. The van der Waals surface area contributed by atoms with E-state index in [-0.39, 0.29) is 6.10 Å². The average Bonchev–Trinajstić information content (AvgIpc) is 2.80. The molecule has 2 N–H and O–H groups in total. The molecule has 0 saturated carbocycles. The Balaban J connectivity index is 1.94. The molecule has 3 unspecified atom stereocenters. The van der Waals surface area contributed by atoms with E-state index in [4.69, 9.17) is 9.47 Å². The van der Waals surface area contributed by atoms with Crippen LogP contribution in [-0.4, -0.2) is 49.7 Å². The molecule has 0 aromatic rings. The zero-order valence-corrected chi connectivity index (χ0v) is 11.2. The smallest absolute Gasteiger partial charge is 0.0897 e. The summed E-state index contributed by atoms with van der Waals surface area (Å²) < 4.78 is 10.9. The molecule has 0 aromatic carbocycles. The van der Waals surface area contributed by atoms with Crippen molar-refractivity contribution in [2.75, 3.05) is 26.4 Å². The van der Waals surface area contributed by atoms with Crippen LogP contribution in [0.1, 0.15) is 39.5 Å². The highest BCUT2D eigenvalue weighted by Gasteiger charge is 2.16. The van der Waals surface area contributed by atoms with Crippen LogP contribution in [0.4, 0.5) is 0 Å². The van der Waals surface area contributed by atoms with Crippen LogP contribution in [0.2, 0.25) is 0 Å². The minimum absolute atomic E-state index is 0.245. The van der Waals surface area contributed by atoms with Gasteiger partial charge in [-0.3, -0.25) is 0 Å². The van der Waals surface area contributed by atoms with E-state index in [1.165, 1.54) is 6.42 Å². The van der Waals surface area contributed by atoms with Crippen LogP contribution in [0, 0.1) is 0 Å². The first kappa shape index (κ1) is 14.9. The van der Waals surface area contributed by atoms with Gasteiger partial charge >= 0.3 is 0 Å². The van der Waals surface area contributed by atoms with Crippen molar-refractivity contribution in [3.05, 3.63) is 0 Å². The second kappa shape index (κ2) is 8.86. The van der Waals surface area contributed by atoms with Crippen molar-refractivity contribution in [2.45, 2.75) is 57.8 Å². The predicted molar refractivity (Wildman–Crippen MR) is 68.2 cm³/mol. The molecule has 1 rings (SSSR count). The van der Waals surface area contributed by atoms with Crippen molar-refractivity contribution in [3.63, 3.8) is 0 Å². The Kier molecular flexibility index (Phi) is 7.77. The topological polar surface area (TPSA) is 50.7 Å². The maximum absolute atomic E-state index is 9.71. The molecule has 0 spiro atoms. The Morgan fingerprint density at radius 3 is 3.00 bits per heavy atom. The van der Waals surface area contributed by atoms with E-state index in [2.05, 4.69) is 19.2 Å². The number of hydrogen-bond donors (Lipinski definition) is 2. The summed E-state index contributed by atoms with van der Waals surface area (Å²) >= 11 is 0. The van der Waals surface area contributed by atoms with Gasteiger partial charge in [-0.15, -0.1) is 0 Å².